The molecule has 0 saturated carbocycles. The van der Waals surface area contributed by atoms with Crippen LogP contribution in [0.3, 0.4) is 0 Å². The zero-order valence-corrected chi connectivity index (χ0v) is 7.25. The van der Waals surface area contributed by atoms with Crippen LogP contribution in [0.2, 0.25) is 0 Å². The molecule has 0 saturated heterocycles. The second kappa shape index (κ2) is 8.31. The molecule has 0 heterocycles. The van der Waals surface area contributed by atoms with Crippen molar-refractivity contribution in [2.75, 3.05) is 32.9 Å². The SMILES string of the molecule is OCCOCCNCC(O)C(F)F. The third-order valence-electron chi connectivity index (χ3n) is 1.30. The van der Waals surface area contributed by atoms with Crippen molar-refractivity contribution in [1.82, 2.24) is 5.32 Å². The first-order valence-corrected chi connectivity index (χ1v) is 4.04. The van der Waals surface area contributed by atoms with Crippen LogP contribution in [0.5, 0.6) is 0 Å². The van der Waals surface area contributed by atoms with Gasteiger partial charge in [-0.1, -0.05) is 0 Å². The summed E-state index contributed by atoms with van der Waals surface area (Å²) in [6, 6.07) is 0. The third-order valence-corrected chi connectivity index (χ3v) is 1.30. The Morgan fingerprint density at radius 1 is 1.31 bits per heavy atom. The molecule has 3 N–H and O–H groups in total. The molecule has 0 aromatic rings. The average molecular weight is 199 g/mol. The van der Waals surface area contributed by atoms with E-state index in [1.807, 2.05) is 0 Å². The van der Waals surface area contributed by atoms with E-state index in [-0.39, 0.29) is 19.8 Å². The van der Waals surface area contributed by atoms with Crippen LogP contribution in [0, 0.1) is 0 Å². The van der Waals surface area contributed by atoms with Gasteiger partial charge in [0.05, 0.1) is 19.8 Å². The number of nitrogens with one attached hydrogen (secondary N) is 1. The molecule has 0 fully saturated rings. The van der Waals surface area contributed by atoms with Gasteiger partial charge in [0.2, 0.25) is 0 Å². The lowest BCUT2D eigenvalue weighted by Crippen LogP contribution is -2.33. The fourth-order valence-corrected chi connectivity index (χ4v) is 0.650. The second-order valence-electron chi connectivity index (χ2n) is 2.44. The van der Waals surface area contributed by atoms with Crippen LogP contribution in [-0.2, 0) is 4.74 Å². The smallest absolute Gasteiger partial charge is 0.265 e. The van der Waals surface area contributed by atoms with Crippen molar-refractivity contribution in [1.29, 1.82) is 0 Å². The molecule has 1 atom stereocenters. The fraction of sp³-hybridized carbons (Fsp3) is 1.00. The normalized spacial score (nSPS) is 13.6. The van der Waals surface area contributed by atoms with Crippen molar-refractivity contribution in [3.05, 3.63) is 0 Å². The highest BCUT2D eigenvalue weighted by molar-refractivity contribution is 4.60. The first-order chi connectivity index (χ1) is 6.18. The summed E-state index contributed by atoms with van der Waals surface area (Å²) in [7, 11) is 0. The number of aliphatic hydroxyl groups is 2. The van der Waals surface area contributed by atoms with E-state index in [0.29, 0.717) is 13.2 Å². The maximum atomic E-state index is 11.7. The highest BCUT2D eigenvalue weighted by Crippen LogP contribution is 1.97. The van der Waals surface area contributed by atoms with E-state index in [9.17, 15) is 8.78 Å². The monoisotopic (exact) mass is 199 g/mol. The average Bonchev–Trinajstić information content (AvgIpc) is 2.10. The van der Waals surface area contributed by atoms with Crippen LogP contribution in [0.15, 0.2) is 0 Å². The molecule has 0 aliphatic carbocycles. The molecule has 0 spiro atoms. The molecule has 0 aliphatic heterocycles. The molecular formula is C7H15F2NO3. The Kier molecular flexibility index (Phi) is 8.11. The lowest BCUT2D eigenvalue weighted by Gasteiger charge is -2.10. The quantitative estimate of drug-likeness (QED) is 0.448. The van der Waals surface area contributed by atoms with Gasteiger partial charge in [-0.3, -0.25) is 0 Å². The summed E-state index contributed by atoms with van der Waals surface area (Å²) in [5.74, 6) is 0. The summed E-state index contributed by atoms with van der Waals surface area (Å²) in [5.41, 5.74) is 0. The highest BCUT2D eigenvalue weighted by Gasteiger charge is 2.15. The largest absolute Gasteiger partial charge is 0.394 e. The Morgan fingerprint density at radius 2 is 2.00 bits per heavy atom. The van der Waals surface area contributed by atoms with Gasteiger partial charge in [0, 0.05) is 13.1 Å². The van der Waals surface area contributed by atoms with Gasteiger partial charge in [-0.25, -0.2) is 8.78 Å². The van der Waals surface area contributed by atoms with Gasteiger partial charge in [-0.05, 0) is 0 Å². The molecule has 0 aromatic carbocycles. The van der Waals surface area contributed by atoms with Crippen LogP contribution in [-0.4, -0.2) is 55.7 Å². The summed E-state index contributed by atoms with van der Waals surface area (Å²) < 4.78 is 28.3. The van der Waals surface area contributed by atoms with Crippen LogP contribution >= 0.6 is 0 Å². The van der Waals surface area contributed by atoms with Crippen molar-refractivity contribution in [2.45, 2.75) is 12.5 Å². The summed E-state index contributed by atoms with van der Waals surface area (Å²) in [4.78, 5) is 0. The zero-order chi connectivity index (χ0) is 10.1. The van der Waals surface area contributed by atoms with Crippen LogP contribution in [0.1, 0.15) is 0 Å². The minimum absolute atomic E-state index is 0.0559. The molecule has 0 bridgehead atoms. The van der Waals surface area contributed by atoms with E-state index < -0.39 is 12.5 Å². The van der Waals surface area contributed by atoms with Crippen LogP contribution in [0.25, 0.3) is 0 Å². The summed E-state index contributed by atoms with van der Waals surface area (Å²) in [6.45, 7) is 0.735. The van der Waals surface area contributed by atoms with Gasteiger partial charge in [-0.15, -0.1) is 0 Å². The molecule has 0 aliphatic rings. The van der Waals surface area contributed by atoms with E-state index in [1.54, 1.807) is 0 Å². The van der Waals surface area contributed by atoms with E-state index in [2.05, 4.69) is 5.32 Å². The van der Waals surface area contributed by atoms with Crippen molar-refractivity contribution < 1.29 is 23.7 Å². The number of halogens is 2. The molecule has 0 amide bonds. The predicted octanol–water partition coefficient (Wildman–Crippen LogP) is -0.789. The second-order valence-corrected chi connectivity index (χ2v) is 2.44. The number of rotatable bonds is 8. The lowest BCUT2D eigenvalue weighted by atomic mass is 10.4. The molecule has 80 valence electrons. The van der Waals surface area contributed by atoms with Gasteiger partial charge < -0.3 is 20.3 Å². The van der Waals surface area contributed by atoms with Crippen molar-refractivity contribution in [3.63, 3.8) is 0 Å². The standard InChI is InChI=1S/C7H15F2NO3/c8-7(9)6(12)5-10-1-3-13-4-2-11/h6-7,10-12H,1-5H2. The predicted molar refractivity (Wildman–Crippen MR) is 42.8 cm³/mol. The Morgan fingerprint density at radius 3 is 2.54 bits per heavy atom. The van der Waals surface area contributed by atoms with Gasteiger partial charge in [0.15, 0.2) is 0 Å². The maximum Gasteiger partial charge on any atom is 0.265 e. The van der Waals surface area contributed by atoms with E-state index >= 15 is 0 Å². The van der Waals surface area contributed by atoms with Crippen molar-refractivity contribution in [3.8, 4) is 0 Å². The molecule has 0 rings (SSSR count). The van der Waals surface area contributed by atoms with Crippen molar-refractivity contribution >= 4 is 0 Å². The molecule has 1 unspecified atom stereocenters. The van der Waals surface area contributed by atoms with Crippen LogP contribution in [0.4, 0.5) is 8.78 Å². The summed E-state index contributed by atoms with van der Waals surface area (Å²) >= 11 is 0. The molecular weight excluding hydrogens is 184 g/mol. The minimum Gasteiger partial charge on any atom is -0.394 e. The van der Waals surface area contributed by atoms with Gasteiger partial charge in [0.25, 0.3) is 6.43 Å². The molecule has 13 heavy (non-hydrogen) atoms. The Labute approximate surface area is 75.5 Å². The van der Waals surface area contributed by atoms with E-state index in [0.717, 1.165) is 0 Å². The van der Waals surface area contributed by atoms with E-state index in [1.165, 1.54) is 0 Å². The number of aliphatic hydroxyl groups excluding tert-OH is 2. The first-order valence-electron chi connectivity index (χ1n) is 4.04. The Bertz CT molecular complexity index is 116. The molecule has 4 nitrogen and oxygen atoms in total. The van der Waals surface area contributed by atoms with E-state index in [4.69, 9.17) is 14.9 Å². The molecule has 6 heteroatoms. The van der Waals surface area contributed by atoms with Crippen LogP contribution < -0.4 is 5.32 Å². The number of ether oxygens (including phenoxy) is 1. The number of hydrogen-bond donors (Lipinski definition) is 3. The molecule has 0 radical (unpaired) electrons. The Balaban J connectivity index is 3.07. The van der Waals surface area contributed by atoms with Gasteiger partial charge in [0.1, 0.15) is 6.10 Å². The fourth-order valence-electron chi connectivity index (χ4n) is 0.650. The summed E-state index contributed by atoms with van der Waals surface area (Å²) in [5, 5.41) is 19.5. The van der Waals surface area contributed by atoms with Gasteiger partial charge >= 0.3 is 0 Å². The minimum atomic E-state index is -2.72. The van der Waals surface area contributed by atoms with Crippen molar-refractivity contribution in [2.24, 2.45) is 0 Å². The Hall–Kier alpha value is -0.300. The third kappa shape index (κ3) is 8.04. The zero-order valence-electron chi connectivity index (χ0n) is 7.25. The maximum absolute atomic E-state index is 11.7. The number of alkyl halides is 2. The molecule has 0 aromatic heterocycles. The first kappa shape index (κ1) is 12.7. The topological polar surface area (TPSA) is 61.7 Å². The highest BCUT2D eigenvalue weighted by atomic mass is 19.3. The van der Waals surface area contributed by atoms with Gasteiger partial charge in [-0.2, -0.15) is 0 Å². The summed E-state index contributed by atoms with van der Waals surface area (Å²) in [6.07, 6.45) is -4.34. The lowest BCUT2D eigenvalue weighted by molar-refractivity contribution is -0.00434. The number of hydrogen-bond acceptors (Lipinski definition) is 4.